The zero-order valence-electron chi connectivity index (χ0n) is 15.6. The Labute approximate surface area is 160 Å². The molecule has 138 valence electrons. The van der Waals surface area contributed by atoms with Gasteiger partial charge in [0.1, 0.15) is 0 Å². The molecule has 0 saturated carbocycles. The van der Waals surface area contributed by atoms with Crippen molar-refractivity contribution in [3.05, 3.63) is 34.3 Å². The molecule has 1 aromatic rings. The highest BCUT2D eigenvalue weighted by Gasteiger charge is 2.36. The minimum absolute atomic E-state index is 0.115. The van der Waals surface area contributed by atoms with Gasteiger partial charge in [-0.15, -0.1) is 0 Å². The summed E-state index contributed by atoms with van der Waals surface area (Å²) in [6, 6.07) is 8.78. The highest BCUT2D eigenvalue weighted by atomic mass is 79.9. The number of halogens is 1. The highest BCUT2D eigenvalue weighted by molar-refractivity contribution is 9.10. The number of hydrogen-bond acceptors (Lipinski definition) is 2. The van der Waals surface area contributed by atoms with Crippen LogP contribution < -0.4 is 5.32 Å². The Kier molecular flexibility index (Phi) is 5.74. The molecule has 0 radical (unpaired) electrons. The smallest absolute Gasteiger partial charge is 0.193 e. The Hall–Kier alpha value is -1.07. The average Bonchev–Trinajstić information content (AvgIpc) is 2.97. The molecule has 1 aromatic carbocycles. The van der Waals surface area contributed by atoms with E-state index in [1.165, 1.54) is 12.0 Å². The van der Waals surface area contributed by atoms with Gasteiger partial charge in [0.05, 0.1) is 0 Å². The third-order valence-electron chi connectivity index (χ3n) is 5.68. The van der Waals surface area contributed by atoms with Crippen LogP contribution in [0.3, 0.4) is 0 Å². The van der Waals surface area contributed by atoms with Crippen molar-refractivity contribution < 1.29 is 4.74 Å². The fraction of sp³-hybridized carbons (Fsp3) is 0.650. The number of hydrogen-bond donors (Lipinski definition) is 1. The number of aliphatic imine (C=N–C) groups is 1. The molecule has 2 aliphatic rings. The molecule has 4 nitrogen and oxygen atoms in total. The van der Waals surface area contributed by atoms with E-state index in [1.807, 2.05) is 7.05 Å². The van der Waals surface area contributed by atoms with Gasteiger partial charge in [-0.1, -0.05) is 41.9 Å². The van der Waals surface area contributed by atoms with Crippen LogP contribution in [0.1, 0.15) is 38.7 Å². The molecule has 0 aliphatic carbocycles. The van der Waals surface area contributed by atoms with E-state index >= 15 is 0 Å². The summed E-state index contributed by atoms with van der Waals surface area (Å²) in [5.41, 5.74) is 1.88. The largest absolute Gasteiger partial charge is 0.381 e. The van der Waals surface area contributed by atoms with Crippen LogP contribution in [-0.4, -0.2) is 50.8 Å². The first-order valence-electron chi connectivity index (χ1n) is 9.24. The Balaban J connectivity index is 1.73. The zero-order chi connectivity index (χ0) is 17.9. The summed E-state index contributed by atoms with van der Waals surface area (Å²) in [5.74, 6) is 1.04. The first-order chi connectivity index (χ1) is 11.9. The van der Waals surface area contributed by atoms with E-state index in [0.717, 1.165) is 56.1 Å². The molecule has 1 N–H and O–H groups in total. The fourth-order valence-corrected chi connectivity index (χ4v) is 4.27. The lowest BCUT2D eigenvalue weighted by molar-refractivity contribution is 0.0512. The zero-order valence-corrected chi connectivity index (χ0v) is 17.2. The van der Waals surface area contributed by atoms with Gasteiger partial charge in [-0.05, 0) is 42.4 Å². The van der Waals surface area contributed by atoms with Crippen molar-refractivity contribution in [3.8, 4) is 0 Å². The van der Waals surface area contributed by atoms with Crippen LogP contribution in [0.4, 0.5) is 0 Å². The molecule has 2 fully saturated rings. The highest BCUT2D eigenvalue weighted by Crippen LogP contribution is 2.35. The second-order valence-corrected chi connectivity index (χ2v) is 9.05. The van der Waals surface area contributed by atoms with Crippen molar-refractivity contribution in [2.45, 2.75) is 38.5 Å². The molecule has 2 saturated heterocycles. The van der Waals surface area contributed by atoms with Gasteiger partial charge in [-0.25, -0.2) is 0 Å². The average molecular weight is 408 g/mol. The minimum Gasteiger partial charge on any atom is -0.381 e. The SMILES string of the molecule is CN=C(NCC1(c2ccc(Br)cc2)CCOCC1)N1CCC(C)(C)C1. The van der Waals surface area contributed by atoms with Gasteiger partial charge in [0.2, 0.25) is 0 Å². The molecule has 0 spiro atoms. The van der Waals surface area contributed by atoms with Gasteiger partial charge in [0.15, 0.2) is 5.96 Å². The van der Waals surface area contributed by atoms with Crippen molar-refractivity contribution >= 4 is 21.9 Å². The summed E-state index contributed by atoms with van der Waals surface area (Å²) in [6.45, 7) is 9.38. The number of nitrogens with one attached hydrogen (secondary N) is 1. The van der Waals surface area contributed by atoms with Gasteiger partial charge < -0.3 is 15.0 Å². The molecule has 0 unspecified atom stereocenters. The van der Waals surface area contributed by atoms with Crippen LogP contribution in [-0.2, 0) is 10.2 Å². The Morgan fingerprint density at radius 3 is 2.44 bits per heavy atom. The third-order valence-corrected chi connectivity index (χ3v) is 6.21. The van der Waals surface area contributed by atoms with Crippen molar-refractivity contribution in [3.63, 3.8) is 0 Å². The Morgan fingerprint density at radius 2 is 1.88 bits per heavy atom. The van der Waals surface area contributed by atoms with Gasteiger partial charge >= 0.3 is 0 Å². The summed E-state index contributed by atoms with van der Waals surface area (Å²) in [6.07, 6.45) is 3.31. The summed E-state index contributed by atoms with van der Waals surface area (Å²) in [5, 5.41) is 3.68. The van der Waals surface area contributed by atoms with Crippen molar-refractivity contribution in [1.82, 2.24) is 10.2 Å². The maximum Gasteiger partial charge on any atom is 0.193 e. The molecule has 0 bridgehead atoms. The van der Waals surface area contributed by atoms with E-state index in [1.54, 1.807) is 0 Å². The van der Waals surface area contributed by atoms with E-state index in [-0.39, 0.29) is 5.41 Å². The maximum atomic E-state index is 5.65. The van der Waals surface area contributed by atoms with Crippen LogP contribution in [0.5, 0.6) is 0 Å². The Morgan fingerprint density at radius 1 is 1.20 bits per heavy atom. The molecule has 5 heteroatoms. The lowest BCUT2D eigenvalue weighted by Gasteiger charge is -2.39. The van der Waals surface area contributed by atoms with E-state index < -0.39 is 0 Å². The molecular formula is C20H30BrN3O. The van der Waals surface area contributed by atoms with Crippen molar-refractivity contribution in [2.75, 3.05) is 39.9 Å². The molecule has 0 atom stereocenters. The van der Waals surface area contributed by atoms with Crippen molar-refractivity contribution in [2.24, 2.45) is 10.4 Å². The fourth-order valence-electron chi connectivity index (χ4n) is 4.01. The summed E-state index contributed by atoms with van der Waals surface area (Å²) >= 11 is 3.55. The van der Waals surface area contributed by atoms with Gasteiger partial charge in [-0.3, -0.25) is 4.99 Å². The molecular weight excluding hydrogens is 378 g/mol. The second kappa shape index (κ2) is 7.67. The molecule has 25 heavy (non-hydrogen) atoms. The number of nitrogens with zero attached hydrogens (tertiary/aromatic N) is 2. The predicted octanol–water partition coefficient (Wildman–Crippen LogP) is 3.80. The van der Waals surface area contributed by atoms with Crippen LogP contribution in [0.15, 0.2) is 33.7 Å². The lowest BCUT2D eigenvalue weighted by Crippen LogP contribution is -2.49. The Bertz CT molecular complexity index is 606. The van der Waals surface area contributed by atoms with Crippen LogP contribution in [0, 0.1) is 5.41 Å². The number of likely N-dealkylation sites (tertiary alicyclic amines) is 1. The maximum absolute atomic E-state index is 5.65. The first-order valence-corrected chi connectivity index (χ1v) is 10.0. The van der Waals surface area contributed by atoms with Gasteiger partial charge in [0, 0.05) is 49.8 Å². The normalized spacial score (nSPS) is 22.9. The van der Waals surface area contributed by atoms with Crippen LogP contribution >= 0.6 is 15.9 Å². The first kappa shape index (κ1) is 18.7. The third kappa shape index (κ3) is 4.37. The number of benzene rings is 1. The summed E-state index contributed by atoms with van der Waals surface area (Å²) in [4.78, 5) is 6.95. The molecule has 2 aliphatic heterocycles. The van der Waals surface area contributed by atoms with Crippen molar-refractivity contribution in [1.29, 1.82) is 0 Å². The quantitative estimate of drug-likeness (QED) is 0.611. The van der Waals surface area contributed by atoms with Crippen LogP contribution in [0.2, 0.25) is 0 Å². The van der Waals surface area contributed by atoms with Crippen LogP contribution in [0.25, 0.3) is 0 Å². The van der Waals surface area contributed by atoms with E-state index in [9.17, 15) is 0 Å². The van der Waals surface area contributed by atoms with Gasteiger partial charge in [-0.2, -0.15) is 0 Å². The monoisotopic (exact) mass is 407 g/mol. The second-order valence-electron chi connectivity index (χ2n) is 8.14. The minimum atomic E-state index is 0.115. The summed E-state index contributed by atoms with van der Waals surface area (Å²) < 4.78 is 6.78. The number of ether oxygens (including phenoxy) is 1. The number of rotatable bonds is 3. The van der Waals surface area contributed by atoms with E-state index in [2.05, 4.69) is 69.3 Å². The van der Waals surface area contributed by atoms with E-state index in [0.29, 0.717) is 5.41 Å². The predicted molar refractivity (Wildman–Crippen MR) is 107 cm³/mol. The van der Waals surface area contributed by atoms with Gasteiger partial charge in [0.25, 0.3) is 0 Å². The molecule has 0 amide bonds. The molecule has 2 heterocycles. The lowest BCUT2D eigenvalue weighted by atomic mass is 9.74. The number of guanidine groups is 1. The summed E-state index contributed by atoms with van der Waals surface area (Å²) in [7, 11) is 1.89. The molecule has 3 rings (SSSR count). The molecule has 0 aromatic heterocycles. The standard InChI is InChI=1S/C20H30BrN3O/c1-19(2)8-11-24(15-19)18(22-3)23-14-20(9-12-25-13-10-20)16-4-6-17(21)7-5-16/h4-7H,8-15H2,1-3H3,(H,22,23). The van der Waals surface area contributed by atoms with E-state index in [4.69, 9.17) is 4.74 Å². The topological polar surface area (TPSA) is 36.9 Å².